The molecule has 1 fully saturated rings. The van der Waals surface area contributed by atoms with Crippen molar-refractivity contribution in [1.82, 2.24) is 9.21 Å². The molecule has 3 rings (SSSR count). The second-order valence-electron chi connectivity index (χ2n) is 7.58. The zero-order chi connectivity index (χ0) is 23.8. The summed E-state index contributed by atoms with van der Waals surface area (Å²) in [5.41, 5.74) is 1.54. The van der Waals surface area contributed by atoms with E-state index in [2.05, 4.69) is 10.6 Å². The lowest BCUT2D eigenvalue weighted by molar-refractivity contribution is -0.118. The van der Waals surface area contributed by atoms with Crippen molar-refractivity contribution in [1.29, 1.82) is 0 Å². The number of hydrogen-bond acceptors (Lipinski definition) is 6. The van der Waals surface area contributed by atoms with Gasteiger partial charge in [0.1, 0.15) is 0 Å². The highest BCUT2D eigenvalue weighted by molar-refractivity contribution is 7.89. The second-order valence-corrected chi connectivity index (χ2v) is 9.52. The molecule has 1 aliphatic heterocycles. The van der Waals surface area contributed by atoms with Gasteiger partial charge in [0, 0.05) is 43.1 Å². The molecule has 0 unspecified atom stereocenters. The lowest BCUT2D eigenvalue weighted by Crippen LogP contribution is -2.41. The number of morpholine rings is 1. The van der Waals surface area contributed by atoms with E-state index in [-0.39, 0.29) is 16.7 Å². The van der Waals surface area contributed by atoms with Crippen LogP contribution in [0.2, 0.25) is 0 Å². The predicted molar refractivity (Wildman–Crippen MR) is 127 cm³/mol. The van der Waals surface area contributed by atoms with Gasteiger partial charge in [-0.2, -0.15) is 4.31 Å². The SMILES string of the molecule is CCN(CC)S(=O)(=O)c1ccc(C(=O)Nc2ccc(NC(=O)CN3CCOCC3)cc2)cc1. The smallest absolute Gasteiger partial charge is 0.255 e. The maximum absolute atomic E-state index is 12.6. The average molecular weight is 475 g/mol. The minimum absolute atomic E-state index is 0.103. The first-order valence-corrected chi connectivity index (χ1v) is 12.4. The number of carbonyl (C=O) groups is 2. The fourth-order valence-corrected chi connectivity index (χ4v) is 4.95. The van der Waals surface area contributed by atoms with E-state index in [0.717, 1.165) is 13.1 Å². The lowest BCUT2D eigenvalue weighted by Gasteiger charge is -2.25. The van der Waals surface area contributed by atoms with Gasteiger partial charge in [0.25, 0.3) is 5.91 Å². The molecule has 2 aromatic carbocycles. The fourth-order valence-electron chi connectivity index (χ4n) is 3.49. The summed E-state index contributed by atoms with van der Waals surface area (Å²) in [5, 5.41) is 5.62. The molecule has 2 amide bonds. The summed E-state index contributed by atoms with van der Waals surface area (Å²) in [6, 6.07) is 12.7. The van der Waals surface area contributed by atoms with Crippen molar-refractivity contribution in [3.63, 3.8) is 0 Å². The highest BCUT2D eigenvalue weighted by atomic mass is 32.2. The van der Waals surface area contributed by atoms with Gasteiger partial charge in [-0.25, -0.2) is 8.42 Å². The van der Waals surface area contributed by atoms with Crippen molar-refractivity contribution < 1.29 is 22.7 Å². The summed E-state index contributed by atoms with van der Waals surface area (Å²) in [5.74, 6) is -0.459. The monoisotopic (exact) mass is 474 g/mol. The Balaban J connectivity index is 1.56. The van der Waals surface area contributed by atoms with E-state index in [4.69, 9.17) is 4.74 Å². The molecule has 0 saturated carbocycles. The highest BCUT2D eigenvalue weighted by Gasteiger charge is 2.21. The molecule has 0 aliphatic carbocycles. The standard InChI is InChI=1S/C23H30N4O5S/c1-3-27(4-2)33(30,31)21-11-5-18(6-12-21)23(29)25-20-9-7-19(8-10-20)24-22(28)17-26-13-15-32-16-14-26/h5-12H,3-4,13-17H2,1-2H3,(H,24,28)(H,25,29). The number of amides is 2. The van der Waals surface area contributed by atoms with Crippen LogP contribution in [0.1, 0.15) is 24.2 Å². The summed E-state index contributed by atoms with van der Waals surface area (Å²) in [6.45, 7) is 7.37. The Hall–Kier alpha value is -2.79. The molecule has 33 heavy (non-hydrogen) atoms. The molecule has 0 radical (unpaired) electrons. The Bertz CT molecular complexity index is 1050. The Kier molecular flexibility index (Phi) is 8.56. The molecule has 2 aromatic rings. The van der Waals surface area contributed by atoms with Crippen LogP contribution in [0.4, 0.5) is 11.4 Å². The Morgan fingerprint density at radius 3 is 2.00 bits per heavy atom. The van der Waals surface area contributed by atoms with Crippen molar-refractivity contribution in [2.75, 3.05) is 56.6 Å². The van der Waals surface area contributed by atoms with E-state index < -0.39 is 10.0 Å². The van der Waals surface area contributed by atoms with Crippen LogP contribution in [0.5, 0.6) is 0 Å². The third kappa shape index (κ3) is 6.61. The number of ether oxygens (including phenoxy) is 1. The number of nitrogens with zero attached hydrogens (tertiary/aromatic N) is 2. The molecule has 9 nitrogen and oxygen atoms in total. The number of anilines is 2. The maximum Gasteiger partial charge on any atom is 0.255 e. The first kappa shape index (κ1) is 24.8. The summed E-state index contributed by atoms with van der Waals surface area (Å²) in [6.07, 6.45) is 0. The van der Waals surface area contributed by atoms with E-state index in [1.54, 1.807) is 38.1 Å². The van der Waals surface area contributed by atoms with Gasteiger partial charge in [0.15, 0.2) is 0 Å². The van der Waals surface area contributed by atoms with E-state index in [0.29, 0.717) is 49.8 Å². The molecule has 1 saturated heterocycles. The highest BCUT2D eigenvalue weighted by Crippen LogP contribution is 2.18. The summed E-state index contributed by atoms with van der Waals surface area (Å²) >= 11 is 0. The zero-order valence-corrected chi connectivity index (χ0v) is 19.7. The summed E-state index contributed by atoms with van der Waals surface area (Å²) < 4.78 is 31.8. The van der Waals surface area contributed by atoms with Crippen molar-refractivity contribution in [2.24, 2.45) is 0 Å². The molecule has 10 heteroatoms. The first-order valence-electron chi connectivity index (χ1n) is 10.9. The molecule has 1 heterocycles. The molecule has 0 aromatic heterocycles. The second kappa shape index (κ2) is 11.4. The molecule has 0 spiro atoms. The third-order valence-corrected chi connectivity index (χ3v) is 7.42. The number of carbonyl (C=O) groups excluding carboxylic acids is 2. The van der Waals surface area contributed by atoms with Crippen LogP contribution >= 0.6 is 0 Å². The number of benzene rings is 2. The average Bonchev–Trinajstić information content (AvgIpc) is 2.81. The molecule has 1 aliphatic rings. The van der Waals surface area contributed by atoms with E-state index in [1.807, 2.05) is 4.90 Å². The van der Waals surface area contributed by atoms with Crippen LogP contribution in [-0.4, -0.2) is 75.4 Å². The fraction of sp³-hybridized carbons (Fsp3) is 0.391. The van der Waals surface area contributed by atoms with Crippen molar-refractivity contribution in [2.45, 2.75) is 18.7 Å². The van der Waals surface area contributed by atoms with Gasteiger partial charge in [-0.3, -0.25) is 14.5 Å². The van der Waals surface area contributed by atoms with Gasteiger partial charge >= 0.3 is 0 Å². The summed E-state index contributed by atoms with van der Waals surface area (Å²) in [4.78, 5) is 26.9. The van der Waals surface area contributed by atoms with Crippen LogP contribution < -0.4 is 10.6 Å². The topological polar surface area (TPSA) is 108 Å². The number of rotatable bonds is 9. The van der Waals surface area contributed by atoms with Crippen molar-refractivity contribution in [3.05, 3.63) is 54.1 Å². The molecular formula is C23H30N4O5S. The minimum Gasteiger partial charge on any atom is -0.379 e. The third-order valence-electron chi connectivity index (χ3n) is 5.36. The number of hydrogen-bond donors (Lipinski definition) is 2. The van der Waals surface area contributed by atoms with Gasteiger partial charge in [-0.15, -0.1) is 0 Å². The van der Waals surface area contributed by atoms with Crippen LogP contribution in [0.3, 0.4) is 0 Å². The summed E-state index contributed by atoms with van der Waals surface area (Å²) in [7, 11) is -3.57. The zero-order valence-electron chi connectivity index (χ0n) is 18.9. The van der Waals surface area contributed by atoms with Gasteiger partial charge in [-0.1, -0.05) is 13.8 Å². The normalized spacial score (nSPS) is 14.8. The maximum atomic E-state index is 12.6. The molecule has 0 atom stereocenters. The van der Waals surface area contributed by atoms with Crippen LogP contribution in [0.15, 0.2) is 53.4 Å². The molecule has 2 N–H and O–H groups in total. The minimum atomic E-state index is -3.57. The number of sulfonamides is 1. The van der Waals surface area contributed by atoms with Gasteiger partial charge < -0.3 is 15.4 Å². The van der Waals surface area contributed by atoms with Crippen LogP contribution in [0, 0.1) is 0 Å². The first-order chi connectivity index (χ1) is 15.8. The predicted octanol–water partition coefficient (Wildman–Crippen LogP) is 2.24. The quantitative estimate of drug-likeness (QED) is 0.577. The Morgan fingerprint density at radius 2 is 1.45 bits per heavy atom. The molecule has 0 bridgehead atoms. The van der Waals surface area contributed by atoms with Crippen molar-refractivity contribution >= 4 is 33.2 Å². The number of nitrogens with one attached hydrogen (secondary N) is 2. The van der Waals surface area contributed by atoms with Gasteiger partial charge in [0.05, 0.1) is 24.7 Å². The van der Waals surface area contributed by atoms with Crippen LogP contribution in [-0.2, 0) is 19.6 Å². The van der Waals surface area contributed by atoms with Gasteiger partial charge in [-0.05, 0) is 48.5 Å². The molecular weight excluding hydrogens is 444 g/mol. The van der Waals surface area contributed by atoms with Gasteiger partial charge in [0.2, 0.25) is 15.9 Å². The van der Waals surface area contributed by atoms with Crippen molar-refractivity contribution in [3.8, 4) is 0 Å². The van der Waals surface area contributed by atoms with Crippen LogP contribution in [0.25, 0.3) is 0 Å². The molecule has 178 valence electrons. The largest absolute Gasteiger partial charge is 0.379 e. The Morgan fingerprint density at radius 1 is 0.909 bits per heavy atom. The van der Waals surface area contributed by atoms with E-state index in [9.17, 15) is 18.0 Å². The lowest BCUT2D eigenvalue weighted by atomic mass is 10.2. The Labute approximate surface area is 194 Å². The van der Waals surface area contributed by atoms with E-state index >= 15 is 0 Å². The van der Waals surface area contributed by atoms with E-state index in [1.165, 1.54) is 28.6 Å².